The van der Waals surface area contributed by atoms with Crippen LogP contribution in [-0.4, -0.2) is 68.5 Å². The van der Waals surface area contributed by atoms with E-state index in [0.717, 1.165) is 30.7 Å². The van der Waals surface area contributed by atoms with E-state index in [1.807, 2.05) is 32.9 Å². The third-order valence-corrected chi connectivity index (χ3v) is 6.15. The molecule has 40 heavy (non-hydrogen) atoms. The number of esters is 1. The zero-order valence-electron chi connectivity index (χ0n) is 24.1. The molecule has 0 spiro atoms. The van der Waals surface area contributed by atoms with Gasteiger partial charge in [-0.3, -0.25) is 19.5 Å². The lowest BCUT2D eigenvalue weighted by Crippen LogP contribution is -2.38. The minimum Gasteiger partial charge on any atom is -0.493 e. The molecule has 2 aromatic rings. The van der Waals surface area contributed by atoms with Gasteiger partial charge >= 0.3 is 5.97 Å². The van der Waals surface area contributed by atoms with Crippen molar-refractivity contribution in [1.29, 1.82) is 0 Å². The molecule has 0 saturated carbocycles. The van der Waals surface area contributed by atoms with Gasteiger partial charge in [-0.1, -0.05) is 6.07 Å². The molecule has 0 fully saturated rings. The van der Waals surface area contributed by atoms with Gasteiger partial charge in [0.1, 0.15) is 5.60 Å². The van der Waals surface area contributed by atoms with Gasteiger partial charge < -0.3 is 23.7 Å². The summed E-state index contributed by atoms with van der Waals surface area (Å²) in [6.07, 6.45) is 5.01. The molecule has 2 aromatic carbocycles. The van der Waals surface area contributed by atoms with Crippen LogP contribution in [0.15, 0.2) is 30.3 Å². The SMILES string of the molecule is COc1ccc(C[C@@H]2c3cc(OC)c(OC)cc3CCN2CCC(=O)OC(C)(C)C)cc1OC.OOC#COO. The quantitative estimate of drug-likeness (QED) is 0.195. The van der Waals surface area contributed by atoms with E-state index >= 15 is 0 Å². The van der Waals surface area contributed by atoms with E-state index in [4.69, 9.17) is 34.2 Å². The average molecular weight is 562 g/mol. The highest BCUT2D eigenvalue weighted by Crippen LogP contribution is 2.40. The molecular formula is C29H39NO10. The molecule has 2 N–H and O–H groups in total. The highest BCUT2D eigenvalue weighted by atomic mass is 17.1. The molecule has 220 valence electrons. The van der Waals surface area contributed by atoms with Crippen molar-refractivity contribution in [3.63, 3.8) is 0 Å². The predicted molar refractivity (Wildman–Crippen MR) is 146 cm³/mol. The number of hydrogen-bond acceptors (Lipinski definition) is 11. The van der Waals surface area contributed by atoms with Crippen molar-refractivity contribution in [1.82, 2.24) is 4.90 Å². The van der Waals surface area contributed by atoms with Crippen molar-refractivity contribution in [3.8, 4) is 35.2 Å². The van der Waals surface area contributed by atoms with Gasteiger partial charge in [0, 0.05) is 19.1 Å². The smallest absolute Gasteiger partial charge is 0.307 e. The molecule has 0 aromatic heterocycles. The molecule has 0 amide bonds. The maximum absolute atomic E-state index is 12.4. The molecular weight excluding hydrogens is 522 g/mol. The van der Waals surface area contributed by atoms with E-state index in [0.29, 0.717) is 30.2 Å². The zero-order valence-corrected chi connectivity index (χ0v) is 24.1. The molecule has 3 rings (SSSR count). The molecule has 0 bridgehead atoms. The Labute approximate surface area is 235 Å². The zero-order chi connectivity index (χ0) is 29.7. The summed E-state index contributed by atoms with van der Waals surface area (Å²) in [6, 6.07) is 10.2. The number of nitrogens with zero attached hydrogens (tertiary/aromatic N) is 1. The second kappa shape index (κ2) is 15.7. The van der Waals surface area contributed by atoms with E-state index < -0.39 is 5.60 Å². The fraction of sp³-hybridized carbons (Fsp3) is 0.483. The van der Waals surface area contributed by atoms with Crippen molar-refractivity contribution in [2.45, 2.75) is 51.7 Å². The molecule has 1 atom stereocenters. The van der Waals surface area contributed by atoms with E-state index in [9.17, 15) is 4.79 Å². The van der Waals surface area contributed by atoms with Crippen LogP contribution >= 0.6 is 0 Å². The summed E-state index contributed by atoms with van der Waals surface area (Å²) in [5.74, 6) is 2.64. The highest BCUT2D eigenvalue weighted by molar-refractivity contribution is 5.70. The van der Waals surface area contributed by atoms with Crippen molar-refractivity contribution in [2.24, 2.45) is 0 Å². The first-order chi connectivity index (χ1) is 19.1. The van der Waals surface area contributed by atoms with E-state index in [-0.39, 0.29) is 12.0 Å². The standard InChI is InChI=1S/C27H37NO6.C2H2O4/c1-27(2,3)34-26(29)11-13-28-12-10-19-16-24(32-6)25(33-7)17-20(19)21(28)14-18-8-9-22(30-4)23(15-18)31-5;3-5-1-2-6-4/h8-9,15-17,21H,10-14H2,1-7H3;3-4H/t21-;/m1./s1. The van der Waals surface area contributed by atoms with Crippen LogP contribution in [-0.2, 0) is 32.1 Å². The van der Waals surface area contributed by atoms with Gasteiger partial charge in [0.05, 0.1) is 34.9 Å². The van der Waals surface area contributed by atoms with Crippen molar-refractivity contribution < 1.29 is 48.8 Å². The molecule has 0 radical (unpaired) electrons. The first-order valence-electron chi connectivity index (χ1n) is 12.6. The predicted octanol–water partition coefficient (Wildman–Crippen LogP) is 4.48. The maximum Gasteiger partial charge on any atom is 0.307 e. The van der Waals surface area contributed by atoms with Gasteiger partial charge in [-0.2, -0.15) is 10.5 Å². The van der Waals surface area contributed by atoms with Crippen molar-refractivity contribution in [3.05, 3.63) is 47.0 Å². The Hall–Kier alpha value is -3.85. The van der Waals surface area contributed by atoms with Crippen LogP contribution in [0.1, 0.15) is 49.9 Å². The van der Waals surface area contributed by atoms with Crippen molar-refractivity contribution in [2.75, 3.05) is 41.5 Å². The highest BCUT2D eigenvalue weighted by Gasteiger charge is 2.30. The molecule has 11 heteroatoms. The maximum atomic E-state index is 12.4. The number of carbonyl (C=O) groups excluding carboxylic acids is 1. The summed E-state index contributed by atoms with van der Waals surface area (Å²) >= 11 is 0. The average Bonchev–Trinajstić information content (AvgIpc) is 2.94. The number of ether oxygens (including phenoxy) is 5. The Morgan fingerprint density at radius 3 is 2.02 bits per heavy atom. The summed E-state index contributed by atoms with van der Waals surface area (Å²) in [6.45, 7) is 7.12. The minimum atomic E-state index is -0.492. The van der Waals surface area contributed by atoms with Gasteiger partial charge in [-0.05, 0) is 74.6 Å². The fourth-order valence-corrected chi connectivity index (χ4v) is 4.48. The molecule has 1 aliphatic heterocycles. The van der Waals surface area contributed by atoms with Crippen LogP contribution in [0.5, 0.6) is 23.0 Å². The van der Waals surface area contributed by atoms with Crippen LogP contribution in [0.2, 0.25) is 0 Å². The normalized spacial score (nSPS) is 14.3. The second-order valence-corrected chi connectivity index (χ2v) is 9.82. The third-order valence-electron chi connectivity index (χ3n) is 6.15. The molecule has 1 aliphatic rings. The molecule has 0 aliphatic carbocycles. The Balaban J connectivity index is 0.000000840. The van der Waals surface area contributed by atoms with Crippen LogP contribution in [0, 0.1) is 12.2 Å². The lowest BCUT2D eigenvalue weighted by atomic mass is 9.88. The topological polar surface area (TPSA) is 125 Å². The summed E-state index contributed by atoms with van der Waals surface area (Å²) in [4.78, 5) is 21.1. The summed E-state index contributed by atoms with van der Waals surface area (Å²) in [7, 11) is 6.58. The molecule has 11 nitrogen and oxygen atoms in total. The lowest BCUT2D eigenvalue weighted by Gasteiger charge is -2.38. The number of methoxy groups -OCH3 is 4. The van der Waals surface area contributed by atoms with E-state index in [2.05, 4.69) is 32.9 Å². The third kappa shape index (κ3) is 9.41. The number of benzene rings is 2. The van der Waals surface area contributed by atoms with Gasteiger partial charge in [0.15, 0.2) is 23.0 Å². The number of hydrogen-bond donors (Lipinski definition) is 2. The van der Waals surface area contributed by atoms with Crippen molar-refractivity contribution >= 4 is 5.97 Å². The van der Waals surface area contributed by atoms with Crippen LogP contribution in [0.25, 0.3) is 0 Å². The van der Waals surface area contributed by atoms with Crippen LogP contribution < -0.4 is 18.9 Å². The number of carbonyl (C=O) groups is 1. The minimum absolute atomic E-state index is 0.0593. The van der Waals surface area contributed by atoms with E-state index in [1.165, 1.54) is 23.3 Å². The van der Waals surface area contributed by atoms with Crippen LogP contribution in [0.4, 0.5) is 0 Å². The lowest BCUT2D eigenvalue weighted by molar-refractivity contribution is -0.188. The summed E-state index contributed by atoms with van der Waals surface area (Å²) in [5, 5.41) is 14.7. The summed E-state index contributed by atoms with van der Waals surface area (Å²) < 4.78 is 27.6. The Morgan fingerprint density at radius 1 is 0.900 bits per heavy atom. The Bertz CT molecular complexity index is 1160. The molecule has 1 heterocycles. The monoisotopic (exact) mass is 561 g/mol. The first kappa shape index (κ1) is 32.4. The van der Waals surface area contributed by atoms with Crippen LogP contribution in [0.3, 0.4) is 0 Å². The molecule has 0 saturated heterocycles. The number of rotatable bonds is 9. The van der Waals surface area contributed by atoms with Gasteiger partial charge in [0.25, 0.3) is 0 Å². The van der Waals surface area contributed by atoms with Gasteiger partial charge in [0.2, 0.25) is 12.2 Å². The first-order valence-corrected chi connectivity index (χ1v) is 12.6. The van der Waals surface area contributed by atoms with Gasteiger partial charge in [-0.15, -0.1) is 0 Å². The largest absolute Gasteiger partial charge is 0.493 e. The Kier molecular flexibility index (Phi) is 12.7. The second-order valence-electron chi connectivity index (χ2n) is 9.82. The Morgan fingerprint density at radius 2 is 1.48 bits per heavy atom. The molecule has 0 unspecified atom stereocenters. The van der Waals surface area contributed by atoms with E-state index in [1.54, 1.807) is 28.4 Å². The van der Waals surface area contributed by atoms with Gasteiger partial charge in [-0.25, -0.2) is 0 Å². The fourth-order valence-electron chi connectivity index (χ4n) is 4.48. The number of fused-ring (bicyclic) bond motifs is 1. The summed E-state index contributed by atoms with van der Waals surface area (Å²) in [5.41, 5.74) is 3.04.